The van der Waals surface area contributed by atoms with Gasteiger partial charge in [0.25, 0.3) is 0 Å². The van der Waals surface area contributed by atoms with Gasteiger partial charge < -0.3 is 15.1 Å². The molecular formula is C14H17N3O3S. The summed E-state index contributed by atoms with van der Waals surface area (Å²) in [6.07, 6.45) is 2.22. The monoisotopic (exact) mass is 307 g/mol. The number of H-pyrrole nitrogens is 1. The van der Waals surface area contributed by atoms with E-state index in [4.69, 9.17) is 4.42 Å². The van der Waals surface area contributed by atoms with Crippen molar-refractivity contribution in [1.82, 2.24) is 10.3 Å². The number of oxazole rings is 1. The van der Waals surface area contributed by atoms with Crippen LogP contribution in [0.25, 0.3) is 11.1 Å². The highest BCUT2D eigenvalue weighted by Crippen LogP contribution is 2.21. The Bertz CT molecular complexity index is 688. The first kappa shape index (κ1) is 14.2. The first-order chi connectivity index (χ1) is 10.2. The van der Waals surface area contributed by atoms with E-state index in [1.54, 1.807) is 30.0 Å². The van der Waals surface area contributed by atoms with E-state index in [9.17, 15) is 9.59 Å². The Morgan fingerprint density at radius 2 is 2.19 bits per heavy atom. The van der Waals surface area contributed by atoms with Crippen molar-refractivity contribution in [2.75, 3.05) is 24.2 Å². The number of amides is 1. The first-order valence-electron chi connectivity index (χ1n) is 6.96. The predicted molar refractivity (Wildman–Crippen MR) is 83.8 cm³/mol. The summed E-state index contributed by atoms with van der Waals surface area (Å²) in [5.41, 5.74) is 1.74. The van der Waals surface area contributed by atoms with E-state index in [-0.39, 0.29) is 5.91 Å². The number of carbonyl (C=O) groups is 1. The molecule has 1 aliphatic heterocycles. The average molecular weight is 307 g/mol. The SMILES string of the molecule is O=C(CSC1CCNCC1)Nc1ccc2oc(=O)[nH]c2c1. The lowest BCUT2D eigenvalue weighted by Crippen LogP contribution is -2.30. The third-order valence-corrected chi connectivity index (χ3v) is 4.81. The highest BCUT2D eigenvalue weighted by Gasteiger charge is 2.15. The zero-order valence-corrected chi connectivity index (χ0v) is 12.3. The second-order valence-electron chi connectivity index (χ2n) is 5.03. The van der Waals surface area contributed by atoms with Crippen molar-refractivity contribution in [3.05, 3.63) is 28.7 Å². The molecule has 3 rings (SSSR count). The van der Waals surface area contributed by atoms with Crippen molar-refractivity contribution < 1.29 is 9.21 Å². The number of piperidine rings is 1. The zero-order chi connectivity index (χ0) is 14.7. The number of benzene rings is 1. The quantitative estimate of drug-likeness (QED) is 0.797. The number of aromatic nitrogens is 1. The summed E-state index contributed by atoms with van der Waals surface area (Å²) in [5.74, 6) is -0.0661. The molecule has 7 heteroatoms. The van der Waals surface area contributed by atoms with Gasteiger partial charge in [0.15, 0.2) is 5.58 Å². The molecule has 0 radical (unpaired) electrons. The Labute approximate surface area is 125 Å². The van der Waals surface area contributed by atoms with Crippen LogP contribution < -0.4 is 16.4 Å². The summed E-state index contributed by atoms with van der Waals surface area (Å²) in [4.78, 5) is 25.6. The fourth-order valence-corrected chi connectivity index (χ4v) is 3.41. The van der Waals surface area contributed by atoms with Gasteiger partial charge in [-0.25, -0.2) is 4.79 Å². The van der Waals surface area contributed by atoms with Crippen LogP contribution in [0.5, 0.6) is 0 Å². The molecule has 6 nitrogen and oxygen atoms in total. The fraction of sp³-hybridized carbons (Fsp3) is 0.429. The van der Waals surface area contributed by atoms with Gasteiger partial charge >= 0.3 is 5.76 Å². The molecule has 1 amide bonds. The summed E-state index contributed by atoms with van der Waals surface area (Å²) < 4.78 is 4.92. The second-order valence-corrected chi connectivity index (χ2v) is 6.32. The van der Waals surface area contributed by atoms with Crippen molar-refractivity contribution in [1.29, 1.82) is 0 Å². The minimum absolute atomic E-state index is 0.0243. The van der Waals surface area contributed by atoms with Gasteiger partial charge in [-0.1, -0.05) is 0 Å². The van der Waals surface area contributed by atoms with Gasteiger partial charge in [0.2, 0.25) is 5.91 Å². The van der Waals surface area contributed by atoms with Crippen LogP contribution in [0, 0.1) is 0 Å². The maximum absolute atomic E-state index is 12.0. The lowest BCUT2D eigenvalue weighted by atomic mass is 10.2. The molecule has 0 bridgehead atoms. The molecular weight excluding hydrogens is 290 g/mol. The van der Waals surface area contributed by atoms with Gasteiger partial charge in [0.05, 0.1) is 11.3 Å². The summed E-state index contributed by atoms with van der Waals surface area (Å²) in [7, 11) is 0. The molecule has 1 aromatic heterocycles. The van der Waals surface area contributed by atoms with Crippen molar-refractivity contribution in [3.8, 4) is 0 Å². The Balaban J connectivity index is 1.56. The van der Waals surface area contributed by atoms with Crippen LogP contribution in [-0.2, 0) is 4.79 Å². The molecule has 1 saturated heterocycles. The van der Waals surface area contributed by atoms with E-state index in [1.165, 1.54) is 0 Å². The van der Waals surface area contributed by atoms with Gasteiger partial charge in [0.1, 0.15) is 0 Å². The maximum atomic E-state index is 12.0. The molecule has 2 heterocycles. The highest BCUT2D eigenvalue weighted by atomic mass is 32.2. The third kappa shape index (κ3) is 3.68. The van der Waals surface area contributed by atoms with Crippen LogP contribution >= 0.6 is 11.8 Å². The third-order valence-electron chi connectivity index (χ3n) is 3.44. The van der Waals surface area contributed by atoms with Crippen molar-refractivity contribution in [2.24, 2.45) is 0 Å². The van der Waals surface area contributed by atoms with Crippen LogP contribution in [0.2, 0.25) is 0 Å². The minimum atomic E-state index is -0.491. The molecule has 0 atom stereocenters. The normalized spacial score (nSPS) is 16.2. The Kier molecular flexibility index (Phi) is 4.31. The van der Waals surface area contributed by atoms with E-state index in [0.717, 1.165) is 25.9 Å². The smallest absolute Gasteiger partial charge is 0.408 e. The van der Waals surface area contributed by atoms with Gasteiger partial charge in [-0.3, -0.25) is 9.78 Å². The molecule has 21 heavy (non-hydrogen) atoms. The van der Waals surface area contributed by atoms with Crippen LogP contribution in [0.1, 0.15) is 12.8 Å². The van der Waals surface area contributed by atoms with Gasteiger partial charge in [0, 0.05) is 10.9 Å². The standard InChI is InChI=1S/C14H17N3O3S/c18-13(8-21-10-3-5-15-6-4-10)16-9-1-2-12-11(7-9)17-14(19)20-12/h1-2,7,10,15H,3-6,8H2,(H,16,18)(H,17,19). The molecule has 3 N–H and O–H groups in total. The Morgan fingerprint density at radius 1 is 1.38 bits per heavy atom. The van der Waals surface area contributed by atoms with Crippen LogP contribution in [-0.4, -0.2) is 35.0 Å². The fourth-order valence-electron chi connectivity index (χ4n) is 2.38. The zero-order valence-electron chi connectivity index (χ0n) is 11.5. The maximum Gasteiger partial charge on any atom is 0.417 e. The number of hydrogen-bond acceptors (Lipinski definition) is 5. The van der Waals surface area contributed by atoms with Gasteiger partial charge in [-0.15, -0.1) is 11.8 Å². The molecule has 1 fully saturated rings. The summed E-state index contributed by atoms with van der Waals surface area (Å²) in [6.45, 7) is 2.06. The number of aromatic amines is 1. The molecule has 0 unspecified atom stereocenters. The summed E-state index contributed by atoms with van der Waals surface area (Å²) in [6, 6.07) is 5.10. The highest BCUT2D eigenvalue weighted by molar-refractivity contribution is 8.00. The average Bonchev–Trinajstić information content (AvgIpc) is 2.85. The minimum Gasteiger partial charge on any atom is -0.408 e. The number of rotatable bonds is 4. The Morgan fingerprint density at radius 3 is 3.00 bits per heavy atom. The lowest BCUT2D eigenvalue weighted by molar-refractivity contribution is -0.113. The van der Waals surface area contributed by atoms with Gasteiger partial charge in [-0.2, -0.15) is 0 Å². The van der Waals surface area contributed by atoms with Crippen LogP contribution in [0.15, 0.2) is 27.4 Å². The van der Waals surface area contributed by atoms with Crippen molar-refractivity contribution in [3.63, 3.8) is 0 Å². The molecule has 0 aliphatic carbocycles. The number of carbonyl (C=O) groups excluding carboxylic acids is 1. The first-order valence-corrected chi connectivity index (χ1v) is 8.00. The number of anilines is 1. The lowest BCUT2D eigenvalue weighted by Gasteiger charge is -2.21. The van der Waals surface area contributed by atoms with E-state index in [1.807, 2.05) is 0 Å². The van der Waals surface area contributed by atoms with E-state index in [2.05, 4.69) is 15.6 Å². The summed E-state index contributed by atoms with van der Waals surface area (Å²) >= 11 is 1.70. The predicted octanol–water partition coefficient (Wildman–Crippen LogP) is 1.54. The van der Waals surface area contributed by atoms with Gasteiger partial charge in [-0.05, 0) is 44.1 Å². The Hall–Kier alpha value is -1.73. The van der Waals surface area contributed by atoms with Crippen LogP contribution in [0.3, 0.4) is 0 Å². The largest absolute Gasteiger partial charge is 0.417 e. The van der Waals surface area contributed by atoms with Crippen LogP contribution in [0.4, 0.5) is 5.69 Å². The molecule has 112 valence electrons. The number of nitrogens with one attached hydrogen (secondary N) is 3. The van der Waals surface area contributed by atoms with E-state index < -0.39 is 5.76 Å². The molecule has 2 aromatic rings. The van der Waals surface area contributed by atoms with Crippen molar-refractivity contribution >= 4 is 34.5 Å². The number of fused-ring (bicyclic) bond motifs is 1. The number of thioether (sulfide) groups is 1. The molecule has 0 spiro atoms. The topological polar surface area (TPSA) is 87.1 Å². The molecule has 0 saturated carbocycles. The van der Waals surface area contributed by atoms with E-state index in [0.29, 0.717) is 27.8 Å². The van der Waals surface area contributed by atoms with E-state index >= 15 is 0 Å². The van der Waals surface area contributed by atoms with Crippen molar-refractivity contribution in [2.45, 2.75) is 18.1 Å². The molecule has 1 aromatic carbocycles. The molecule has 1 aliphatic rings. The second kappa shape index (κ2) is 6.36. The number of hydrogen-bond donors (Lipinski definition) is 3. The summed E-state index contributed by atoms with van der Waals surface area (Å²) in [5, 5.41) is 6.71.